The van der Waals surface area contributed by atoms with Crippen LogP contribution in [0.15, 0.2) is 46.7 Å². The van der Waals surface area contributed by atoms with Gasteiger partial charge in [0, 0.05) is 4.88 Å². The highest BCUT2D eigenvalue weighted by Crippen LogP contribution is 2.26. The van der Waals surface area contributed by atoms with E-state index in [9.17, 15) is 9.59 Å². The van der Waals surface area contributed by atoms with Gasteiger partial charge in [0.25, 0.3) is 11.1 Å². The van der Waals surface area contributed by atoms with Crippen LogP contribution in [0.3, 0.4) is 0 Å². The number of carbonyl (C=O) groups excluding carboxylic acids is 2. The van der Waals surface area contributed by atoms with Crippen LogP contribution in [-0.2, 0) is 11.4 Å². The molecule has 0 unspecified atom stereocenters. The van der Waals surface area contributed by atoms with Crippen molar-refractivity contribution in [1.29, 1.82) is 0 Å². The van der Waals surface area contributed by atoms with Crippen LogP contribution in [0.1, 0.15) is 10.4 Å². The second-order valence-electron chi connectivity index (χ2n) is 4.29. The summed E-state index contributed by atoms with van der Waals surface area (Å²) in [5, 5.41) is 3.91. The maximum absolute atomic E-state index is 11.4. The Labute approximate surface area is 129 Å². The SMILES string of the molecule is O=C1NC(=O)/C(=C\c2ccc(OCc3cccs3)cc2)S1. The first-order valence-corrected chi connectivity index (χ1v) is 7.90. The molecule has 1 aromatic heterocycles. The third kappa shape index (κ3) is 3.53. The van der Waals surface area contributed by atoms with Crippen molar-refractivity contribution in [3.63, 3.8) is 0 Å². The Bertz CT molecular complexity index is 690. The minimum absolute atomic E-state index is 0.331. The fraction of sp³-hybridized carbons (Fsp3) is 0.0667. The molecule has 2 aromatic rings. The van der Waals surface area contributed by atoms with Crippen LogP contribution < -0.4 is 10.1 Å². The van der Waals surface area contributed by atoms with Crippen molar-refractivity contribution in [2.75, 3.05) is 0 Å². The number of rotatable bonds is 4. The monoisotopic (exact) mass is 317 g/mol. The van der Waals surface area contributed by atoms with E-state index in [4.69, 9.17) is 4.74 Å². The molecule has 3 rings (SSSR count). The molecule has 6 heteroatoms. The highest BCUT2D eigenvalue weighted by atomic mass is 32.2. The Hall–Kier alpha value is -2.05. The molecule has 2 amide bonds. The van der Waals surface area contributed by atoms with Crippen molar-refractivity contribution >= 4 is 40.3 Å². The van der Waals surface area contributed by atoms with E-state index in [1.54, 1.807) is 17.4 Å². The van der Waals surface area contributed by atoms with Crippen LogP contribution >= 0.6 is 23.1 Å². The van der Waals surface area contributed by atoms with Crippen LogP contribution in [0.5, 0.6) is 5.75 Å². The topological polar surface area (TPSA) is 55.4 Å². The average Bonchev–Trinajstić information content (AvgIpc) is 3.08. The Morgan fingerprint density at radius 1 is 1.14 bits per heavy atom. The van der Waals surface area contributed by atoms with E-state index >= 15 is 0 Å². The summed E-state index contributed by atoms with van der Waals surface area (Å²) in [5.74, 6) is 0.424. The predicted octanol–water partition coefficient (Wildman–Crippen LogP) is 3.65. The van der Waals surface area contributed by atoms with Gasteiger partial charge in [-0.1, -0.05) is 18.2 Å². The number of imide groups is 1. The Balaban J connectivity index is 1.65. The van der Waals surface area contributed by atoms with Crippen molar-refractivity contribution in [1.82, 2.24) is 5.32 Å². The van der Waals surface area contributed by atoms with E-state index in [-0.39, 0.29) is 11.1 Å². The zero-order valence-electron chi connectivity index (χ0n) is 10.9. The molecule has 1 aliphatic rings. The standard InChI is InChI=1S/C15H11NO3S2/c17-14-13(21-15(18)16-14)8-10-3-5-11(6-4-10)19-9-12-2-1-7-20-12/h1-8H,9H2,(H,16,17,18)/b13-8+. The number of thioether (sulfide) groups is 1. The number of thiophene rings is 1. The summed E-state index contributed by atoms with van der Waals surface area (Å²) in [5.41, 5.74) is 0.853. The van der Waals surface area contributed by atoms with Gasteiger partial charge in [0.15, 0.2) is 0 Å². The highest BCUT2D eigenvalue weighted by Gasteiger charge is 2.24. The maximum atomic E-state index is 11.4. The predicted molar refractivity (Wildman–Crippen MR) is 84.2 cm³/mol. The van der Waals surface area contributed by atoms with E-state index in [0.717, 1.165) is 23.1 Å². The number of ether oxygens (including phenoxy) is 1. The zero-order chi connectivity index (χ0) is 14.7. The number of benzene rings is 1. The maximum Gasteiger partial charge on any atom is 0.290 e. The first kappa shape index (κ1) is 13.9. The van der Waals surface area contributed by atoms with Gasteiger partial charge in [0.2, 0.25) is 0 Å². The van der Waals surface area contributed by atoms with Gasteiger partial charge in [-0.15, -0.1) is 11.3 Å². The third-order valence-corrected chi connectivity index (χ3v) is 4.44. The molecule has 0 spiro atoms. The minimum atomic E-state index is -0.344. The summed E-state index contributed by atoms with van der Waals surface area (Å²) in [6.07, 6.45) is 1.69. The highest BCUT2D eigenvalue weighted by molar-refractivity contribution is 8.18. The summed E-state index contributed by atoms with van der Waals surface area (Å²) in [7, 11) is 0. The molecule has 0 radical (unpaired) electrons. The van der Waals surface area contributed by atoms with Gasteiger partial charge in [-0.25, -0.2) is 0 Å². The van der Waals surface area contributed by atoms with E-state index in [0.29, 0.717) is 11.5 Å². The second-order valence-corrected chi connectivity index (χ2v) is 6.34. The van der Waals surface area contributed by atoms with Crippen molar-refractivity contribution in [2.24, 2.45) is 0 Å². The van der Waals surface area contributed by atoms with Crippen LogP contribution in [0.25, 0.3) is 6.08 Å². The molecule has 0 bridgehead atoms. The summed E-state index contributed by atoms with van der Waals surface area (Å²) < 4.78 is 5.66. The summed E-state index contributed by atoms with van der Waals surface area (Å²) in [4.78, 5) is 24.1. The van der Waals surface area contributed by atoms with Gasteiger partial charge in [-0.2, -0.15) is 0 Å². The molecule has 0 atom stereocenters. The molecule has 2 heterocycles. The van der Waals surface area contributed by atoms with Crippen molar-refractivity contribution in [3.05, 3.63) is 57.1 Å². The van der Waals surface area contributed by atoms with Crippen LogP contribution in [0.2, 0.25) is 0 Å². The van der Waals surface area contributed by atoms with E-state index < -0.39 is 0 Å². The first-order chi connectivity index (χ1) is 10.2. The number of amides is 2. The van der Waals surface area contributed by atoms with Gasteiger partial charge in [0.1, 0.15) is 12.4 Å². The largest absolute Gasteiger partial charge is 0.488 e. The molecular formula is C15H11NO3S2. The normalized spacial score (nSPS) is 16.3. The van der Waals surface area contributed by atoms with Crippen molar-refractivity contribution < 1.29 is 14.3 Å². The van der Waals surface area contributed by atoms with Crippen molar-refractivity contribution in [2.45, 2.75) is 6.61 Å². The molecule has 21 heavy (non-hydrogen) atoms. The summed E-state index contributed by atoms with van der Waals surface area (Å²) >= 11 is 2.57. The molecule has 1 saturated heterocycles. The molecule has 106 valence electrons. The minimum Gasteiger partial charge on any atom is -0.488 e. The zero-order valence-corrected chi connectivity index (χ0v) is 12.5. The molecular weight excluding hydrogens is 306 g/mol. The molecule has 0 saturated carbocycles. The molecule has 1 fully saturated rings. The van der Waals surface area contributed by atoms with Gasteiger partial charge >= 0.3 is 0 Å². The Morgan fingerprint density at radius 2 is 1.95 bits per heavy atom. The summed E-state index contributed by atoms with van der Waals surface area (Å²) in [6, 6.07) is 11.4. The summed E-state index contributed by atoms with van der Waals surface area (Å²) in [6.45, 7) is 0.546. The number of hydrogen-bond acceptors (Lipinski definition) is 5. The Morgan fingerprint density at radius 3 is 2.57 bits per heavy atom. The lowest BCUT2D eigenvalue weighted by Gasteiger charge is -2.04. The van der Waals surface area contributed by atoms with E-state index in [1.807, 2.05) is 41.8 Å². The second kappa shape index (κ2) is 6.15. The number of hydrogen-bond donors (Lipinski definition) is 1. The van der Waals surface area contributed by atoms with Crippen LogP contribution in [-0.4, -0.2) is 11.1 Å². The first-order valence-electron chi connectivity index (χ1n) is 6.21. The fourth-order valence-corrected chi connectivity index (χ4v) is 3.08. The molecule has 0 aliphatic carbocycles. The van der Waals surface area contributed by atoms with Gasteiger partial charge in [-0.3, -0.25) is 14.9 Å². The van der Waals surface area contributed by atoms with Gasteiger partial charge < -0.3 is 4.74 Å². The lowest BCUT2D eigenvalue weighted by atomic mass is 10.2. The lowest BCUT2D eigenvalue weighted by molar-refractivity contribution is -0.115. The third-order valence-electron chi connectivity index (χ3n) is 2.78. The molecule has 4 nitrogen and oxygen atoms in total. The quantitative estimate of drug-likeness (QED) is 0.875. The Kier molecular flexibility index (Phi) is 4.08. The number of nitrogens with one attached hydrogen (secondary N) is 1. The van der Waals surface area contributed by atoms with Gasteiger partial charge in [0.05, 0.1) is 4.91 Å². The molecule has 1 aromatic carbocycles. The van der Waals surface area contributed by atoms with Crippen molar-refractivity contribution in [3.8, 4) is 5.75 Å². The van der Waals surface area contributed by atoms with Gasteiger partial charge in [-0.05, 0) is 47.0 Å². The fourth-order valence-electron chi connectivity index (χ4n) is 1.78. The smallest absolute Gasteiger partial charge is 0.290 e. The van der Waals surface area contributed by atoms with Crippen LogP contribution in [0, 0.1) is 0 Å². The average molecular weight is 317 g/mol. The molecule has 1 N–H and O–H groups in total. The number of carbonyl (C=O) groups is 2. The van der Waals surface area contributed by atoms with E-state index in [1.165, 1.54) is 4.88 Å². The molecule has 1 aliphatic heterocycles. The van der Waals surface area contributed by atoms with Crippen LogP contribution in [0.4, 0.5) is 4.79 Å². The lowest BCUT2D eigenvalue weighted by Crippen LogP contribution is -2.17. The van der Waals surface area contributed by atoms with E-state index in [2.05, 4.69) is 5.32 Å².